The van der Waals surface area contributed by atoms with Crippen LogP contribution in [-0.4, -0.2) is 30.5 Å². The third kappa shape index (κ3) is 4.23. The number of hydrogen-bond acceptors (Lipinski definition) is 6. The number of esters is 1. The van der Waals surface area contributed by atoms with Crippen molar-refractivity contribution >= 4 is 22.9 Å². The lowest BCUT2D eigenvalue weighted by Crippen LogP contribution is -2.14. The number of carbonyl (C=O) groups is 2. The Morgan fingerprint density at radius 3 is 2.56 bits per heavy atom. The van der Waals surface area contributed by atoms with Gasteiger partial charge in [-0.05, 0) is 36.4 Å². The maximum absolute atomic E-state index is 12.0. The largest absolute Gasteiger partial charge is 0.497 e. The van der Waals surface area contributed by atoms with Gasteiger partial charge in [0.15, 0.2) is 23.9 Å². The van der Waals surface area contributed by atoms with Gasteiger partial charge in [-0.2, -0.15) is 0 Å². The van der Waals surface area contributed by atoms with E-state index in [0.717, 1.165) is 5.52 Å². The number of rotatable bonds is 7. The predicted octanol–water partition coefficient (Wildman–Crippen LogP) is 3.20. The first-order valence-electron chi connectivity index (χ1n) is 7.83. The van der Waals surface area contributed by atoms with Gasteiger partial charge < -0.3 is 13.9 Å². The molecule has 0 saturated carbocycles. The Morgan fingerprint density at radius 2 is 1.84 bits per heavy atom. The summed E-state index contributed by atoms with van der Waals surface area (Å²) in [7, 11) is 1.55. The van der Waals surface area contributed by atoms with Gasteiger partial charge in [-0.1, -0.05) is 12.1 Å². The van der Waals surface area contributed by atoms with Crippen molar-refractivity contribution < 1.29 is 23.5 Å². The molecule has 1 aromatic heterocycles. The lowest BCUT2D eigenvalue weighted by Gasteiger charge is -2.04. The number of aromatic nitrogens is 1. The summed E-state index contributed by atoms with van der Waals surface area (Å²) in [5, 5.41) is 0. The Labute approximate surface area is 144 Å². The van der Waals surface area contributed by atoms with E-state index in [0.29, 0.717) is 29.2 Å². The van der Waals surface area contributed by atoms with E-state index in [4.69, 9.17) is 13.9 Å². The van der Waals surface area contributed by atoms with Crippen molar-refractivity contribution in [3.8, 4) is 5.75 Å². The molecule has 2 aromatic carbocycles. The summed E-state index contributed by atoms with van der Waals surface area (Å²) in [6.07, 6.45) is 0.424. The monoisotopic (exact) mass is 339 g/mol. The van der Waals surface area contributed by atoms with Crippen LogP contribution in [0, 0.1) is 0 Å². The van der Waals surface area contributed by atoms with E-state index in [1.165, 1.54) is 0 Å². The van der Waals surface area contributed by atoms with Crippen molar-refractivity contribution in [1.29, 1.82) is 0 Å². The third-order valence-electron chi connectivity index (χ3n) is 3.66. The first-order chi connectivity index (χ1) is 12.2. The van der Waals surface area contributed by atoms with Crippen LogP contribution in [0.25, 0.3) is 11.1 Å². The Bertz CT molecular complexity index is 849. The van der Waals surface area contributed by atoms with Crippen molar-refractivity contribution in [3.05, 3.63) is 60.0 Å². The van der Waals surface area contributed by atoms with Gasteiger partial charge in [0.2, 0.25) is 0 Å². The molecule has 128 valence electrons. The summed E-state index contributed by atoms with van der Waals surface area (Å²) >= 11 is 0. The van der Waals surface area contributed by atoms with E-state index in [2.05, 4.69) is 4.98 Å². The molecule has 3 aromatic rings. The highest BCUT2D eigenvalue weighted by Gasteiger charge is 2.12. The average molecular weight is 339 g/mol. The highest BCUT2D eigenvalue weighted by atomic mass is 16.5. The molecule has 0 bridgehead atoms. The van der Waals surface area contributed by atoms with Crippen LogP contribution in [0.4, 0.5) is 0 Å². The van der Waals surface area contributed by atoms with Crippen LogP contribution < -0.4 is 4.74 Å². The van der Waals surface area contributed by atoms with Crippen molar-refractivity contribution in [1.82, 2.24) is 4.98 Å². The number of oxazole rings is 1. The molecule has 0 amide bonds. The molecule has 0 fully saturated rings. The van der Waals surface area contributed by atoms with Crippen molar-refractivity contribution in [2.75, 3.05) is 13.7 Å². The van der Waals surface area contributed by atoms with Crippen molar-refractivity contribution in [2.24, 2.45) is 0 Å². The second-order valence-corrected chi connectivity index (χ2v) is 5.39. The van der Waals surface area contributed by atoms with Crippen LogP contribution in [0.15, 0.2) is 52.9 Å². The topological polar surface area (TPSA) is 78.6 Å². The van der Waals surface area contributed by atoms with E-state index in [1.807, 2.05) is 24.3 Å². The average Bonchev–Trinajstić information content (AvgIpc) is 3.07. The number of aryl methyl sites for hydroxylation is 1. The Balaban J connectivity index is 1.47. The number of hydrogen-bond donors (Lipinski definition) is 0. The van der Waals surface area contributed by atoms with Gasteiger partial charge in [-0.25, -0.2) is 4.98 Å². The van der Waals surface area contributed by atoms with Gasteiger partial charge in [0.05, 0.1) is 13.5 Å². The molecule has 0 aliphatic heterocycles. The van der Waals surface area contributed by atoms with Crippen molar-refractivity contribution in [2.45, 2.75) is 12.8 Å². The molecule has 0 aliphatic rings. The number of para-hydroxylation sites is 2. The fourth-order valence-electron chi connectivity index (χ4n) is 2.31. The second kappa shape index (κ2) is 7.61. The number of ketones is 1. The lowest BCUT2D eigenvalue weighted by molar-refractivity contribution is -0.142. The molecule has 3 rings (SSSR count). The van der Waals surface area contributed by atoms with E-state index >= 15 is 0 Å². The fraction of sp³-hybridized carbons (Fsp3) is 0.211. The highest BCUT2D eigenvalue weighted by Crippen LogP contribution is 2.16. The summed E-state index contributed by atoms with van der Waals surface area (Å²) in [6.45, 7) is -0.293. The molecule has 0 unspecified atom stereocenters. The Hall–Kier alpha value is -3.15. The summed E-state index contributed by atoms with van der Waals surface area (Å²) in [6, 6.07) is 14.0. The summed E-state index contributed by atoms with van der Waals surface area (Å²) < 4.78 is 15.6. The molecule has 1 heterocycles. The first-order valence-corrected chi connectivity index (χ1v) is 7.83. The van der Waals surface area contributed by atoms with E-state index < -0.39 is 5.97 Å². The fourth-order valence-corrected chi connectivity index (χ4v) is 2.31. The van der Waals surface area contributed by atoms with Gasteiger partial charge in [-0.15, -0.1) is 0 Å². The number of carbonyl (C=O) groups excluding carboxylic acids is 2. The number of methoxy groups -OCH3 is 1. The molecule has 0 N–H and O–H groups in total. The van der Waals surface area contributed by atoms with E-state index in [-0.39, 0.29) is 18.8 Å². The van der Waals surface area contributed by atoms with Crippen LogP contribution in [0.5, 0.6) is 5.75 Å². The number of nitrogens with zero attached hydrogens (tertiary/aromatic N) is 1. The quantitative estimate of drug-likeness (QED) is 0.486. The maximum Gasteiger partial charge on any atom is 0.306 e. The van der Waals surface area contributed by atoms with Gasteiger partial charge in [-0.3, -0.25) is 9.59 Å². The standard InChI is InChI=1S/C19H17NO5/c1-23-14-8-6-13(7-9-14)16(21)12-24-19(22)11-10-18-20-15-4-2-3-5-17(15)25-18/h2-9H,10-12H2,1H3. The first kappa shape index (κ1) is 16.7. The Kier molecular flexibility index (Phi) is 5.09. The minimum atomic E-state index is -0.468. The minimum Gasteiger partial charge on any atom is -0.497 e. The van der Waals surface area contributed by atoms with Crippen LogP contribution in [0.3, 0.4) is 0 Å². The van der Waals surface area contributed by atoms with E-state index in [1.54, 1.807) is 31.4 Å². The molecule has 25 heavy (non-hydrogen) atoms. The number of benzene rings is 2. The number of fused-ring (bicyclic) bond motifs is 1. The second-order valence-electron chi connectivity index (χ2n) is 5.39. The molecule has 0 radical (unpaired) electrons. The normalized spacial score (nSPS) is 10.6. The molecular weight excluding hydrogens is 322 g/mol. The SMILES string of the molecule is COc1ccc(C(=O)COC(=O)CCc2nc3ccccc3o2)cc1. The minimum absolute atomic E-state index is 0.0999. The van der Waals surface area contributed by atoms with Gasteiger partial charge in [0.25, 0.3) is 0 Å². The summed E-state index contributed by atoms with van der Waals surface area (Å²) in [4.78, 5) is 28.1. The predicted molar refractivity (Wildman–Crippen MR) is 90.6 cm³/mol. The van der Waals surface area contributed by atoms with Gasteiger partial charge in [0, 0.05) is 12.0 Å². The molecule has 0 saturated heterocycles. The molecule has 0 spiro atoms. The van der Waals surface area contributed by atoms with Gasteiger partial charge in [0.1, 0.15) is 11.3 Å². The maximum atomic E-state index is 12.0. The Morgan fingerprint density at radius 1 is 1.08 bits per heavy atom. The number of Topliss-reactive ketones (excluding diaryl/α,β-unsaturated/α-hetero) is 1. The van der Waals surface area contributed by atoms with Crippen LogP contribution >= 0.6 is 0 Å². The number of ether oxygens (including phenoxy) is 2. The zero-order chi connectivity index (χ0) is 17.6. The van der Waals surface area contributed by atoms with Crippen LogP contribution in [0.1, 0.15) is 22.7 Å². The van der Waals surface area contributed by atoms with Crippen LogP contribution in [-0.2, 0) is 16.0 Å². The molecular formula is C19H17NO5. The lowest BCUT2D eigenvalue weighted by atomic mass is 10.1. The zero-order valence-corrected chi connectivity index (χ0v) is 13.7. The smallest absolute Gasteiger partial charge is 0.306 e. The molecule has 0 aliphatic carbocycles. The molecule has 6 heteroatoms. The highest BCUT2D eigenvalue weighted by molar-refractivity contribution is 5.98. The zero-order valence-electron chi connectivity index (χ0n) is 13.7. The summed E-state index contributed by atoms with van der Waals surface area (Å²) in [5.41, 5.74) is 1.90. The van der Waals surface area contributed by atoms with Gasteiger partial charge >= 0.3 is 5.97 Å². The summed E-state index contributed by atoms with van der Waals surface area (Å²) in [5.74, 6) is 0.397. The molecule has 6 nitrogen and oxygen atoms in total. The van der Waals surface area contributed by atoms with Crippen molar-refractivity contribution in [3.63, 3.8) is 0 Å². The third-order valence-corrected chi connectivity index (χ3v) is 3.66. The van der Waals surface area contributed by atoms with Crippen LogP contribution in [0.2, 0.25) is 0 Å². The van der Waals surface area contributed by atoms with E-state index in [9.17, 15) is 9.59 Å². The molecule has 0 atom stereocenters.